The van der Waals surface area contributed by atoms with Gasteiger partial charge < -0.3 is 5.32 Å². The number of halogens is 1. The van der Waals surface area contributed by atoms with Gasteiger partial charge in [0.15, 0.2) is 0 Å². The van der Waals surface area contributed by atoms with Crippen LogP contribution in [0.4, 0.5) is 4.39 Å². The van der Waals surface area contributed by atoms with Crippen LogP contribution < -0.4 is 5.32 Å². The molecule has 0 saturated heterocycles. The van der Waals surface area contributed by atoms with E-state index in [0.717, 1.165) is 51.7 Å². The number of carbonyl (C=O) groups excluding carboxylic acids is 1. The van der Waals surface area contributed by atoms with Gasteiger partial charge in [0, 0.05) is 30.7 Å². The summed E-state index contributed by atoms with van der Waals surface area (Å²) < 4.78 is 13.6. The van der Waals surface area contributed by atoms with Crippen molar-refractivity contribution in [2.75, 3.05) is 6.54 Å². The summed E-state index contributed by atoms with van der Waals surface area (Å²) in [7, 11) is 0. The number of amides is 1. The molecule has 2 aromatic carbocycles. The minimum atomic E-state index is -0.350. The standard InChI is InChI=1S/C25H29FN2O/c1-19(20-10-7-11-23(26)16-20)24(29)27-25(12-5-2-6-13-25)14-15-28-17-21-8-3-4-9-22(21)18-28/h3-4,7-11,16H,1-2,5-6,12-15,17-18H2,(H,27,29). The second-order valence-corrected chi connectivity index (χ2v) is 8.51. The highest BCUT2D eigenvalue weighted by Crippen LogP contribution is 2.33. The molecule has 1 aliphatic carbocycles. The molecule has 4 heteroatoms. The zero-order chi connectivity index (χ0) is 20.3. The second kappa shape index (κ2) is 8.50. The maximum absolute atomic E-state index is 13.6. The molecule has 1 amide bonds. The van der Waals surface area contributed by atoms with E-state index in [1.165, 1.54) is 29.7 Å². The van der Waals surface area contributed by atoms with Crippen molar-refractivity contribution in [3.63, 3.8) is 0 Å². The van der Waals surface area contributed by atoms with Gasteiger partial charge in [0.25, 0.3) is 5.91 Å². The topological polar surface area (TPSA) is 32.3 Å². The number of benzene rings is 2. The first-order valence-corrected chi connectivity index (χ1v) is 10.6. The zero-order valence-electron chi connectivity index (χ0n) is 16.9. The Morgan fingerprint density at radius 2 is 1.72 bits per heavy atom. The number of carbonyl (C=O) groups is 1. The Hall–Kier alpha value is -2.46. The lowest BCUT2D eigenvalue weighted by molar-refractivity contribution is -0.118. The molecule has 1 heterocycles. The number of hydrogen-bond donors (Lipinski definition) is 1. The molecule has 3 nitrogen and oxygen atoms in total. The molecule has 2 aliphatic rings. The molecule has 29 heavy (non-hydrogen) atoms. The van der Waals surface area contributed by atoms with E-state index in [4.69, 9.17) is 0 Å². The fraction of sp³-hybridized carbons (Fsp3) is 0.400. The summed E-state index contributed by atoms with van der Waals surface area (Å²) in [4.78, 5) is 15.4. The number of fused-ring (bicyclic) bond motifs is 1. The molecule has 0 aromatic heterocycles. The third-order valence-corrected chi connectivity index (χ3v) is 6.45. The highest BCUT2D eigenvalue weighted by Gasteiger charge is 2.35. The lowest BCUT2D eigenvalue weighted by Gasteiger charge is -2.39. The van der Waals surface area contributed by atoms with Crippen LogP contribution in [0.2, 0.25) is 0 Å². The zero-order valence-corrected chi connectivity index (χ0v) is 16.9. The number of nitrogens with one attached hydrogen (secondary N) is 1. The Morgan fingerprint density at radius 1 is 1.03 bits per heavy atom. The van der Waals surface area contributed by atoms with Crippen molar-refractivity contribution in [1.82, 2.24) is 10.2 Å². The van der Waals surface area contributed by atoms with Gasteiger partial charge >= 0.3 is 0 Å². The summed E-state index contributed by atoms with van der Waals surface area (Å²) >= 11 is 0. The quantitative estimate of drug-likeness (QED) is 0.697. The molecule has 1 saturated carbocycles. The summed E-state index contributed by atoms with van der Waals surface area (Å²) in [6, 6.07) is 14.7. The van der Waals surface area contributed by atoms with Crippen LogP contribution in [-0.4, -0.2) is 22.9 Å². The van der Waals surface area contributed by atoms with Crippen molar-refractivity contribution in [1.29, 1.82) is 0 Å². The molecule has 152 valence electrons. The van der Waals surface area contributed by atoms with Crippen molar-refractivity contribution in [3.05, 3.63) is 77.6 Å². The van der Waals surface area contributed by atoms with Crippen molar-refractivity contribution in [3.8, 4) is 0 Å². The largest absolute Gasteiger partial charge is 0.347 e. The highest BCUT2D eigenvalue weighted by atomic mass is 19.1. The molecule has 1 aliphatic heterocycles. The first-order chi connectivity index (χ1) is 14.0. The second-order valence-electron chi connectivity index (χ2n) is 8.51. The van der Waals surface area contributed by atoms with E-state index >= 15 is 0 Å². The highest BCUT2D eigenvalue weighted by molar-refractivity contribution is 6.18. The fourth-order valence-electron chi connectivity index (χ4n) is 4.72. The lowest BCUT2D eigenvalue weighted by atomic mass is 9.78. The van der Waals surface area contributed by atoms with E-state index in [1.54, 1.807) is 12.1 Å². The molecule has 1 fully saturated rings. The van der Waals surface area contributed by atoms with Gasteiger partial charge in [-0.25, -0.2) is 4.39 Å². The summed E-state index contributed by atoms with van der Waals surface area (Å²) in [6.45, 7) is 6.86. The van der Waals surface area contributed by atoms with Gasteiger partial charge in [0.2, 0.25) is 0 Å². The van der Waals surface area contributed by atoms with Crippen molar-refractivity contribution in [2.45, 2.75) is 57.2 Å². The van der Waals surface area contributed by atoms with Crippen molar-refractivity contribution in [2.24, 2.45) is 0 Å². The molecule has 0 unspecified atom stereocenters. The third kappa shape index (κ3) is 4.59. The average Bonchev–Trinajstić information content (AvgIpc) is 3.15. The van der Waals surface area contributed by atoms with Crippen LogP contribution in [0.5, 0.6) is 0 Å². The van der Waals surface area contributed by atoms with Crippen LogP contribution in [-0.2, 0) is 17.9 Å². The summed E-state index contributed by atoms with van der Waals surface area (Å²) in [6.07, 6.45) is 6.41. The predicted octanol–water partition coefficient (Wildman–Crippen LogP) is 5.06. The normalized spacial score (nSPS) is 18.2. The van der Waals surface area contributed by atoms with Crippen LogP contribution in [0.25, 0.3) is 5.57 Å². The Labute approximate surface area is 172 Å². The molecular weight excluding hydrogens is 363 g/mol. The van der Waals surface area contributed by atoms with Crippen molar-refractivity contribution < 1.29 is 9.18 Å². The van der Waals surface area contributed by atoms with Crippen LogP contribution in [0.1, 0.15) is 55.2 Å². The molecule has 2 aromatic rings. The molecule has 0 atom stereocenters. The molecule has 0 bridgehead atoms. The molecular formula is C25H29FN2O. The van der Waals surface area contributed by atoms with Crippen LogP contribution in [0.15, 0.2) is 55.1 Å². The average molecular weight is 393 g/mol. The monoisotopic (exact) mass is 392 g/mol. The van der Waals surface area contributed by atoms with E-state index in [1.807, 2.05) is 0 Å². The van der Waals surface area contributed by atoms with E-state index in [0.29, 0.717) is 11.1 Å². The SMILES string of the molecule is C=C(C(=O)NC1(CCN2Cc3ccccc3C2)CCCCC1)c1cccc(F)c1. The Bertz CT molecular complexity index is 876. The molecule has 1 N–H and O–H groups in total. The number of hydrogen-bond acceptors (Lipinski definition) is 2. The van der Waals surface area contributed by atoms with Gasteiger partial charge in [0.05, 0.1) is 0 Å². The maximum Gasteiger partial charge on any atom is 0.251 e. The van der Waals surface area contributed by atoms with Crippen LogP contribution in [0, 0.1) is 5.82 Å². The smallest absolute Gasteiger partial charge is 0.251 e. The first-order valence-electron chi connectivity index (χ1n) is 10.6. The van der Waals surface area contributed by atoms with Gasteiger partial charge in [-0.1, -0.05) is 62.2 Å². The predicted molar refractivity (Wildman–Crippen MR) is 115 cm³/mol. The minimum absolute atomic E-state index is 0.179. The van der Waals surface area contributed by atoms with E-state index in [9.17, 15) is 9.18 Å². The minimum Gasteiger partial charge on any atom is -0.347 e. The first kappa shape index (κ1) is 19.8. The van der Waals surface area contributed by atoms with Gasteiger partial charge in [0.1, 0.15) is 5.82 Å². The Kier molecular flexibility index (Phi) is 5.81. The Morgan fingerprint density at radius 3 is 2.38 bits per heavy atom. The number of rotatable bonds is 6. The fourth-order valence-corrected chi connectivity index (χ4v) is 4.72. The molecule has 4 rings (SSSR count). The van der Waals surface area contributed by atoms with E-state index in [2.05, 4.69) is 41.1 Å². The van der Waals surface area contributed by atoms with Crippen molar-refractivity contribution >= 4 is 11.5 Å². The van der Waals surface area contributed by atoms with E-state index in [-0.39, 0.29) is 17.3 Å². The van der Waals surface area contributed by atoms with Gasteiger partial charge in [-0.3, -0.25) is 9.69 Å². The third-order valence-electron chi connectivity index (χ3n) is 6.45. The Balaban J connectivity index is 1.41. The van der Waals surface area contributed by atoms with E-state index < -0.39 is 0 Å². The van der Waals surface area contributed by atoms with Gasteiger partial charge in [-0.05, 0) is 48.1 Å². The summed E-state index contributed by atoms with van der Waals surface area (Å²) in [5.74, 6) is -0.528. The molecule has 0 radical (unpaired) electrons. The van der Waals surface area contributed by atoms with Gasteiger partial charge in [-0.15, -0.1) is 0 Å². The van der Waals surface area contributed by atoms with Gasteiger partial charge in [-0.2, -0.15) is 0 Å². The van der Waals surface area contributed by atoms with Crippen LogP contribution >= 0.6 is 0 Å². The number of nitrogens with zero attached hydrogens (tertiary/aromatic N) is 1. The summed E-state index contributed by atoms with van der Waals surface area (Å²) in [5, 5.41) is 3.31. The summed E-state index contributed by atoms with van der Waals surface area (Å²) in [5.41, 5.74) is 3.51. The van der Waals surface area contributed by atoms with Crippen LogP contribution in [0.3, 0.4) is 0 Å². The molecule has 0 spiro atoms. The lowest BCUT2D eigenvalue weighted by Crippen LogP contribution is -2.51. The maximum atomic E-state index is 13.6.